The molecule has 2 nitrogen and oxygen atoms in total. The van der Waals surface area contributed by atoms with Crippen molar-refractivity contribution in [3.8, 4) is 0 Å². The number of hydrogen-bond donors (Lipinski definition) is 0. The summed E-state index contributed by atoms with van der Waals surface area (Å²) in [6.07, 6.45) is 0. The fourth-order valence-corrected chi connectivity index (χ4v) is 1.12. The third-order valence-electron chi connectivity index (χ3n) is 1.59. The van der Waals surface area contributed by atoms with Gasteiger partial charge in [-0.05, 0) is 24.1 Å². The molecule has 70 valence electrons. The zero-order valence-electron chi connectivity index (χ0n) is 7.01. The maximum Gasteiger partial charge on any atom is 0.404 e. The van der Waals surface area contributed by atoms with Gasteiger partial charge in [-0.25, -0.2) is 4.79 Å². The summed E-state index contributed by atoms with van der Waals surface area (Å²) in [5.74, 6) is 0. The molecule has 0 aliphatic carbocycles. The summed E-state index contributed by atoms with van der Waals surface area (Å²) in [7, 11) is 0. The van der Waals surface area contributed by atoms with E-state index in [1.54, 1.807) is 6.07 Å². The Bertz CT molecular complexity index is 323. The monoisotopic (exact) mass is 218 g/mol. The van der Waals surface area contributed by atoms with Crippen LogP contribution in [0.3, 0.4) is 0 Å². The van der Waals surface area contributed by atoms with Gasteiger partial charge in [-0.2, -0.15) is 0 Å². The van der Waals surface area contributed by atoms with Crippen LogP contribution >= 0.6 is 23.2 Å². The fraction of sp³-hybridized carbons (Fsp3) is 0.222. The van der Waals surface area contributed by atoms with E-state index < -0.39 is 5.43 Å². The lowest BCUT2D eigenvalue weighted by molar-refractivity contribution is 0.167. The number of aryl methyl sites for hydroxylation is 1. The molecule has 0 saturated heterocycles. The molecule has 0 N–H and O–H groups in total. The van der Waals surface area contributed by atoms with Crippen LogP contribution in [0.4, 0.5) is 4.79 Å². The Morgan fingerprint density at radius 2 is 2.23 bits per heavy atom. The van der Waals surface area contributed by atoms with Gasteiger partial charge in [-0.1, -0.05) is 23.7 Å². The summed E-state index contributed by atoms with van der Waals surface area (Å²) in [4.78, 5) is 10.3. The molecule has 4 heteroatoms. The van der Waals surface area contributed by atoms with Crippen LogP contribution in [0.2, 0.25) is 5.02 Å². The van der Waals surface area contributed by atoms with E-state index in [1.165, 1.54) is 0 Å². The zero-order valence-corrected chi connectivity index (χ0v) is 8.52. The largest absolute Gasteiger partial charge is 0.449 e. The molecule has 1 aromatic rings. The van der Waals surface area contributed by atoms with Crippen molar-refractivity contribution in [3.05, 3.63) is 34.3 Å². The van der Waals surface area contributed by atoms with Crippen LogP contribution in [-0.2, 0) is 11.3 Å². The normalized spacial score (nSPS) is 9.77. The molecule has 0 heterocycles. The van der Waals surface area contributed by atoms with Crippen molar-refractivity contribution < 1.29 is 9.53 Å². The predicted molar refractivity (Wildman–Crippen MR) is 52.2 cm³/mol. The van der Waals surface area contributed by atoms with Crippen molar-refractivity contribution in [2.45, 2.75) is 13.5 Å². The Morgan fingerprint density at radius 1 is 1.54 bits per heavy atom. The van der Waals surface area contributed by atoms with Crippen LogP contribution in [0, 0.1) is 6.92 Å². The lowest BCUT2D eigenvalue weighted by Gasteiger charge is -2.03. The number of halogens is 2. The molecule has 0 amide bonds. The molecule has 0 unspecified atom stereocenters. The number of ether oxygens (including phenoxy) is 1. The van der Waals surface area contributed by atoms with Gasteiger partial charge in [0, 0.05) is 16.6 Å². The molecule has 0 bridgehead atoms. The Labute approximate surface area is 86.4 Å². The quantitative estimate of drug-likeness (QED) is 0.711. The first-order valence-electron chi connectivity index (χ1n) is 3.67. The van der Waals surface area contributed by atoms with Crippen molar-refractivity contribution in [1.29, 1.82) is 0 Å². The van der Waals surface area contributed by atoms with Gasteiger partial charge in [0.05, 0.1) is 0 Å². The molecule has 0 atom stereocenters. The van der Waals surface area contributed by atoms with Crippen LogP contribution in [0.5, 0.6) is 0 Å². The first-order valence-corrected chi connectivity index (χ1v) is 4.42. The molecule has 1 aromatic carbocycles. The van der Waals surface area contributed by atoms with Crippen molar-refractivity contribution in [1.82, 2.24) is 0 Å². The number of hydrogen-bond acceptors (Lipinski definition) is 2. The highest BCUT2D eigenvalue weighted by Crippen LogP contribution is 2.17. The van der Waals surface area contributed by atoms with E-state index in [4.69, 9.17) is 23.2 Å². The van der Waals surface area contributed by atoms with Crippen LogP contribution in [-0.4, -0.2) is 5.43 Å². The number of rotatable bonds is 2. The van der Waals surface area contributed by atoms with Crippen LogP contribution < -0.4 is 0 Å². The van der Waals surface area contributed by atoms with Gasteiger partial charge in [0.2, 0.25) is 0 Å². The molecule has 0 spiro atoms. The second-order valence-corrected chi connectivity index (χ2v) is 3.33. The predicted octanol–water partition coefficient (Wildman–Crippen LogP) is 3.52. The molecular weight excluding hydrogens is 211 g/mol. The third kappa shape index (κ3) is 3.25. The van der Waals surface area contributed by atoms with Gasteiger partial charge in [0.15, 0.2) is 0 Å². The van der Waals surface area contributed by atoms with Crippen molar-refractivity contribution in [2.24, 2.45) is 0 Å². The summed E-state index contributed by atoms with van der Waals surface area (Å²) >= 11 is 10.9. The average molecular weight is 219 g/mol. The Kier molecular flexibility index (Phi) is 3.58. The molecule has 13 heavy (non-hydrogen) atoms. The number of benzene rings is 1. The lowest BCUT2D eigenvalue weighted by Crippen LogP contribution is -1.94. The van der Waals surface area contributed by atoms with Crippen LogP contribution in [0.1, 0.15) is 11.1 Å². The maximum atomic E-state index is 10.3. The number of carbonyl (C=O) groups is 1. The zero-order chi connectivity index (χ0) is 9.84. The molecule has 0 fully saturated rings. The van der Waals surface area contributed by atoms with Gasteiger partial charge >= 0.3 is 5.43 Å². The van der Waals surface area contributed by atoms with Gasteiger partial charge in [-0.15, -0.1) is 0 Å². The lowest BCUT2D eigenvalue weighted by atomic mass is 10.2. The van der Waals surface area contributed by atoms with Crippen LogP contribution in [0.25, 0.3) is 0 Å². The van der Waals surface area contributed by atoms with Gasteiger partial charge in [-0.3, -0.25) is 0 Å². The summed E-state index contributed by atoms with van der Waals surface area (Å²) in [6.45, 7) is 2.06. The minimum atomic E-state index is -0.809. The summed E-state index contributed by atoms with van der Waals surface area (Å²) in [5, 5.41) is 0.656. The SMILES string of the molecule is Cc1ccc(COC(=O)Cl)cc1Cl. The van der Waals surface area contributed by atoms with E-state index in [1.807, 2.05) is 19.1 Å². The second-order valence-electron chi connectivity index (χ2n) is 2.61. The molecule has 1 rings (SSSR count). The smallest absolute Gasteiger partial charge is 0.404 e. The highest BCUT2D eigenvalue weighted by Gasteiger charge is 2.00. The third-order valence-corrected chi connectivity index (χ3v) is 2.10. The topological polar surface area (TPSA) is 26.3 Å². The highest BCUT2D eigenvalue weighted by molar-refractivity contribution is 6.61. The Hall–Kier alpha value is -0.730. The number of carbonyl (C=O) groups excluding carboxylic acids is 1. The van der Waals surface area contributed by atoms with Crippen molar-refractivity contribution >= 4 is 28.6 Å². The van der Waals surface area contributed by atoms with E-state index in [0.717, 1.165) is 11.1 Å². The van der Waals surface area contributed by atoms with Crippen molar-refractivity contribution in [3.63, 3.8) is 0 Å². The molecule has 0 aliphatic heterocycles. The highest BCUT2D eigenvalue weighted by atomic mass is 35.5. The van der Waals surface area contributed by atoms with E-state index in [-0.39, 0.29) is 6.61 Å². The summed E-state index contributed by atoms with van der Waals surface area (Å²) < 4.78 is 4.59. The van der Waals surface area contributed by atoms with Gasteiger partial charge in [0.1, 0.15) is 6.61 Å². The minimum Gasteiger partial charge on any atom is -0.449 e. The first kappa shape index (κ1) is 10.4. The first-order chi connectivity index (χ1) is 6.09. The Balaban J connectivity index is 2.68. The Morgan fingerprint density at radius 3 is 2.77 bits per heavy atom. The van der Waals surface area contributed by atoms with E-state index in [0.29, 0.717) is 5.02 Å². The second kappa shape index (κ2) is 4.49. The van der Waals surface area contributed by atoms with Crippen LogP contribution in [0.15, 0.2) is 18.2 Å². The molecule has 0 radical (unpaired) electrons. The summed E-state index contributed by atoms with van der Waals surface area (Å²) in [6, 6.07) is 5.44. The van der Waals surface area contributed by atoms with Crippen molar-refractivity contribution in [2.75, 3.05) is 0 Å². The molecule has 0 aliphatic rings. The average Bonchev–Trinajstić information content (AvgIpc) is 2.07. The van der Waals surface area contributed by atoms with E-state index in [9.17, 15) is 4.79 Å². The maximum absolute atomic E-state index is 10.3. The fourth-order valence-electron chi connectivity index (χ4n) is 0.866. The van der Waals surface area contributed by atoms with Gasteiger partial charge in [0.25, 0.3) is 0 Å². The van der Waals surface area contributed by atoms with Gasteiger partial charge < -0.3 is 4.74 Å². The standard InChI is InChI=1S/C9H8Cl2O2/c1-6-2-3-7(4-8(6)10)5-13-9(11)12/h2-4H,5H2,1H3. The summed E-state index contributed by atoms with van der Waals surface area (Å²) in [5.41, 5.74) is 1.00. The molecular formula is C9H8Cl2O2. The van der Waals surface area contributed by atoms with E-state index in [2.05, 4.69) is 4.74 Å². The molecule has 0 aromatic heterocycles. The minimum absolute atomic E-state index is 0.155. The molecule has 0 saturated carbocycles. The van der Waals surface area contributed by atoms with E-state index >= 15 is 0 Å².